The maximum absolute atomic E-state index is 9.68. The molecule has 5 nitrogen and oxygen atoms in total. The minimum Gasteiger partial charge on any atom is -0.494 e. The van der Waals surface area contributed by atoms with Crippen molar-refractivity contribution in [1.82, 2.24) is 10.6 Å². The zero-order valence-electron chi connectivity index (χ0n) is 16.7. The van der Waals surface area contributed by atoms with Crippen LogP contribution in [0.4, 0.5) is 0 Å². The molecule has 0 aromatic heterocycles. The van der Waals surface area contributed by atoms with Crippen LogP contribution in [0, 0.1) is 0 Å². The number of nitrogens with one attached hydrogen (secondary N) is 2. The molecule has 0 bridgehead atoms. The van der Waals surface area contributed by atoms with Crippen LogP contribution in [0.5, 0.6) is 5.75 Å². The molecule has 0 aliphatic carbocycles. The monoisotopic (exact) mass is 497 g/mol. The predicted molar refractivity (Wildman–Crippen MR) is 127 cm³/mol. The average Bonchev–Trinajstić information content (AvgIpc) is 2.72. The number of unbranched alkanes of at least 4 members (excludes halogenated alkanes) is 1. The number of nitrogens with zero attached hydrogens (tertiary/aromatic N) is 1. The number of guanidine groups is 1. The second-order valence-electron chi connectivity index (χ2n) is 6.45. The van der Waals surface area contributed by atoms with Crippen molar-refractivity contribution in [2.45, 2.75) is 32.2 Å². The average molecular weight is 497 g/mol. The highest BCUT2D eigenvalue weighted by Crippen LogP contribution is 2.14. The molecule has 2 rings (SSSR count). The Morgan fingerprint density at radius 3 is 2.57 bits per heavy atom. The van der Waals surface area contributed by atoms with Crippen LogP contribution in [-0.4, -0.2) is 37.9 Å². The summed E-state index contributed by atoms with van der Waals surface area (Å²) >= 11 is 0. The number of hydrogen-bond acceptors (Lipinski definition) is 3. The third kappa shape index (κ3) is 8.48. The molecular weight excluding hydrogens is 465 g/mol. The molecule has 0 saturated carbocycles. The van der Waals surface area contributed by atoms with E-state index in [0.29, 0.717) is 19.0 Å². The zero-order valence-corrected chi connectivity index (χ0v) is 19.1. The van der Waals surface area contributed by atoms with Crippen LogP contribution < -0.4 is 15.4 Å². The maximum atomic E-state index is 9.68. The molecule has 1 atom stereocenters. The molecule has 2 aromatic rings. The summed E-state index contributed by atoms with van der Waals surface area (Å²) in [5, 5.41) is 16.3. The Bertz CT molecular complexity index is 695. The van der Waals surface area contributed by atoms with Crippen molar-refractivity contribution in [3.05, 3.63) is 65.7 Å². The molecule has 0 saturated heterocycles. The fourth-order valence-corrected chi connectivity index (χ4v) is 2.72. The van der Waals surface area contributed by atoms with Gasteiger partial charge in [-0.05, 0) is 29.7 Å². The second kappa shape index (κ2) is 14.2. The summed E-state index contributed by atoms with van der Waals surface area (Å²) in [7, 11) is 1.75. The van der Waals surface area contributed by atoms with Gasteiger partial charge in [-0.25, -0.2) is 0 Å². The summed E-state index contributed by atoms with van der Waals surface area (Å²) in [6.45, 7) is 4.26. The van der Waals surface area contributed by atoms with Crippen LogP contribution in [0.2, 0.25) is 0 Å². The van der Waals surface area contributed by atoms with Crippen LogP contribution in [0.15, 0.2) is 59.6 Å². The van der Waals surface area contributed by atoms with Crippen molar-refractivity contribution < 1.29 is 9.84 Å². The van der Waals surface area contributed by atoms with Gasteiger partial charge >= 0.3 is 0 Å². The van der Waals surface area contributed by atoms with Gasteiger partial charge in [-0.3, -0.25) is 4.99 Å². The number of benzene rings is 2. The van der Waals surface area contributed by atoms with E-state index in [2.05, 4.69) is 34.7 Å². The van der Waals surface area contributed by atoms with E-state index in [4.69, 9.17) is 4.74 Å². The summed E-state index contributed by atoms with van der Waals surface area (Å²) in [6.07, 6.45) is 2.19. The third-order valence-electron chi connectivity index (χ3n) is 4.36. The second-order valence-corrected chi connectivity index (χ2v) is 6.45. The van der Waals surface area contributed by atoms with E-state index in [-0.39, 0.29) is 36.5 Å². The first kappa shape index (κ1) is 24.2. The molecule has 0 spiro atoms. The lowest BCUT2D eigenvalue weighted by Gasteiger charge is -2.18. The summed E-state index contributed by atoms with van der Waals surface area (Å²) < 4.78 is 5.76. The van der Waals surface area contributed by atoms with Gasteiger partial charge in [-0.1, -0.05) is 55.8 Å². The summed E-state index contributed by atoms with van der Waals surface area (Å²) in [4.78, 5) is 4.27. The number of aliphatic imine (C=N–C) groups is 1. The van der Waals surface area contributed by atoms with Gasteiger partial charge in [0, 0.05) is 26.1 Å². The molecule has 0 radical (unpaired) electrons. The predicted octanol–water partition coefficient (Wildman–Crippen LogP) is 3.92. The van der Waals surface area contributed by atoms with E-state index in [0.717, 1.165) is 36.3 Å². The first-order valence-electron chi connectivity index (χ1n) is 9.58. The number of rotatable bonds is 10. The van der Waals surface area contributed by atoms with Gasteiger partial charge in [0.25, 0.3) is 0 Å². The van der Waals surface area contributed by atoms with E-state index >= 15 is 0 Å². The highest BCUT2D eigenvalue weighted by molar-refractivity contribution is 14.0. The van der Waals surface area contributed by atoms with E-state index < -0.39 is 0 Å². The molecular formula is C22H32IN3O2. The van der Waals surface area contributed by atoms with Crippen molar-refractivity contribution in [3.63, 3.8) is 0 Å². The van der Waals surface area contributed by atoms with Crippen LogP contribution in [0.25, 0.3) is 0 Å². The Balaban J connectivity index is 0.00000392. The molecule has 0 heterocycles. The first-order chi connectivity index (χ1) is 13.3. The molecule has 0 fully saturated rings. The lowest BCUT2D eigenvalue weighted by atomic mass is 10.0. The first-order valence-corrected chi connectivity index (χ1v) is 9.58. The third-order valence-corrected chi connectivity index (χ3v) is 4.36. The fraction of sp³-hybridized carbons (Fsp3) is 0.409. The van der Waals surface area contributed by atoms with Gasteiger partial charge in [-0.15, -0.1) is 24.0 Å². The number of halogens is 1. The van der Waals surface area contributed by atoms with Gasteiger partial charge in [0.05, 0.1) is 13.2 Å². The molecule has 154 valence electrons. The van der Waals surface area contributed by atoms with Gasteiger partial charge in [0.15, 0.2) is 5.96 Å². The number of aliphatic hydroxyl groups excluding tert-OH is 1. The topological polar surface area (TPSA) is 65.9 Å². The molecule has 0 aliphatic heterocycles. The van der Waals surface area contributed by atoms with Crippen molar-refractivity contribution in [1.29, 1.82) is 0 Å². The van der Waals surface area contributed by atoms with Crippen LogP contribution in [0.3, 0.4) is 0 Å². The van der Waals surface area contributed by atoms with Gasteiger partial charge < -0.3 is 20.5 Å². The lowest BCUT2D eigenvalue weighted by Crippen LogP contribution is -2.39. The maximum Gasteiger partial charge on any atom is 0.191 e. The minimum atomic E-state index is 0. The Kier molecular flexibility index (Phi) is 12.3. The Morgan fingerprint density at radius 2 is 1.89 bits per heavy atom. The molecule has 0 aliphatic rings. The molecule has 28 heavy (non-hydrogen) atoms. The van der Waals surface area contributed by atoms with Gasteiger partial charge in [-0.2, -0.15) is 0 Å². The Morgan fingerprint density at radius 1 is 1.11 bits per heavy atom. The molecule has 2 aromatic carbocycles. The summed E-state index contributed by atoms with van der Waals surface area (Å²) in [6, 6.07) is 18.1. The van der Waals surface area contributed by atoms with Crippen LogP contribution >= 0.6 is 24.0 Å². The standard InChI is InChI=1S/C22H31N3O2.HI/c1-3-4-13-27-21-12-8-9-18(14-21)15-24-22(23-2)25-16-20(17-26)19-10-6-5-7-11-19;/h5-12,14,20,26H,3-4,13,15-17H2,1-2H3,(H2,23,24,25);1H. The number of aliphatic hydroxyl groups is 1. The Labute approximate surface area is 185 Å². The highest BCUT2D eigenvalue weighted by Gasteiger charge is 2.10. The lowest BCUT2D eigenvalue weighted by molar-refractivity contribution is 0.265. The van der Waals surface area contributed by atoms with E-state index in [9.17, 15) is 5.11 Å². The summed E-state index contributed by atoms with van der Waals surface area (Å²) in [5.41, 5.74) is 2.24. The van der Waals surface area contributed by atoms with Crippen LogP contribution in [0.1, 0.15) is 36.8 Å². The molecule has 6 heteroatoms. The van der Waals surface area contributed by atoms with Crippen LogP contribution in [-0.2, 0) is 6.54 Å². The zero-order chi connectivity index (χ0) is 19.3. The number of hydrogen-bond donors (Lipinski definition) is 3. The highest BCUT2D eigenvalue weighted by atomic mass is 127. The Hall–Kier alpha value is -1.80. The van der Waals surface area contributed by atoms with Crippen molar-refractivity contribution in [2.24, 2.45) is 4.99 Å². The van der Waals surface area contributed by atoms with E-state index in [1.807, 2.05) is 42.5 Å². The molecule has 3 N–H and O–H groups in total. The van der Waals surface area contributed by atoms with Crippen molar-refractivity contribution >= 4 is 29.9 Å². The fourth-order valence-electron chi connectivity index (χ4n) is 2.72. The SMILES string of the molecule is CCCCOc1cccc(CNC(=NC)NCC(CO)c2ccccc2)c1.I. The largest absolute Gasteiger partial charge is 0.494 e. The minimum absolute atomic E-state index is 0. The summed E-state index contributed by atoms with van der Waals surface area (Å²) in [5.74, 6) is 1.64. The normalized spacial score (nSPS) is 12.0. The smallest absolute Gasteiger partial charge is 0.191 e. The van der Waals surface area contributed by atoms with E-state index in [1.54, 1.807) is 7.05 Å². The number of ether oxygens (including phenoxy) is 1. The molecule has 1 unspecified atom stereocenters. The van der Waals surface area contributed by atoms with Gasteiger partial charge in [0.2, 0.25) is 0 Å². The molecule has 0 amide bonds. The van der Waals surface area contributed by atoms with Crippen molar-refractivity contribution in [3.8, 4) is 5.75 Å². The van der Waals surface area contributed by atoms with E-state index in [1.165, 1.54) is 0 Å². The quantitative estimate of drug-likeness (QED) is 0.202. The van der Waals surface area contributed by atoms with Crippen molar-refractivity contribution in [2.75, 3.05) is 26.8 Å². The van der Waals surface area contributed by atoms with Gasteiger partial charge in [0.1, 0.15) is 5.75 Å².